The van der Waals surface area contributed by atoms with Gasteiger partial charge in [-0.1, -0.05) is 39.5 Å². The zero-order chi connectivity index (χ0) is 9.98. The van der Waals surface area contributed by atoms with E-state index in [1.54, 1.807) is 0 Å². The second-order valence-corrected chi connectivity index (χ2v) is 2.72. The van der Waals surface area contributed by atoms with Crippen LogP contribution in [0.5, 0.6) is 0 Å². The van der Waals surface area contributed by atoms with Crippen LogP contribution in [0, 0.1) is 0 Å². The van der Waals surface area contributed by atoms with Gasteiger partial charge in [0, 0.05) is 0 Å². The summed E-state index contributed by atoms with van der Waals surface area (Å²) in [5.74, 6) is -1.19. The lowest BCUT2D eigenvalue weighted by Gasteiger charge is -1.89. The minimum atomic E-state index is -1.23. The molecule has 2 N–H and O–H groups in total. The Kier molecular flexibility index (Phi) is 12.2. The Morgan fingerprint density at radius 2 is 1.50 bits per heavy atom. The Balaban J connectivity index is 0. The largest absolute Gasteiger partial charge is 0.479 e. The van der Waals surface area contributed by atoms with Crippen LogP contribution in [-0.2, 0) is 4.79 Å². The minimum absolute atomic E-state index is 1.19. The Morgan fingerprint density at radius 3 is 1.58 bits per heavy atom. The lowest BCUT2D eigenvalue weighted by Crippen LogP contribution is -2.13. The molecule has 12 heavy (non-hydrogen) atoms. The standard InChI is InChI=1S/C6H14.C3H6O3/c1-3-5-6-4-2;1-2(4)3(5)6/h3-6H2,1-2H3;2,4H,1H3,(H,5,6). The van der Waals surface area contributed by atoms with E-state index in [2.05, 4.69) is 13.8 Å². The number of unbranched alkanes of at least 4 members (excludes halogenated alkanes) is 3. The van der Waals surface area contributed by atoms with Gasteiger partial charge in [-0.05, 0) is 6.92 Å². The van der Waals surface area contributed by atoms with Crippen molar-refractivity contribution in [1.29, 1.82) is 0 Å². The third-order valence-corrected chi connectivity index (χ3v) is 1.31. The van der Waals surface area contributed by atoms with Crippen molar-refractivity contribution in [2.45, 2.75) is 52.6 Å². The first-order valence-electron chi connectivity index (χ1n) is 4.47. The number of aliphatic hydroxyl groups excluding tert-OH is 1. The van der Waals surface area contributed by atoms with Crippen molar-refractivity contribution < 1.29 is 15.0 Å². The first kappa shape index (κ1) is 14.0. The molecule has 0 spiro atoms. The molecular weight excluding hydrogens is 156 g/mol. The monoisotopic (exact) mass is 176 g/mol. The van der Waals surface area contributed by atoms with Crippen LogP contribution >= 0.6 is 0 Å². The van der Waals surface area contributed by atoms with Crippen molar-refractivity contribution in [3.8, 4) is 0 Å². The fourth-order valence-electron chi connectivity index (χ4n) is 0.500. The molecule has 0 aromatic rings. The summed E-state index contributed by atoms with van der Waals surface area (Å²) in [7, 11) is 0. The van der Waals surface area contributed by atoms with Crippen LogP contribution in [0.3, 0.4) is 0 Å². The highest BCUT2D eigenvalue weighted by Gasteiger charge is 2.01. The Bertz CT molecular complexity index is 95.9. The smallest absolute Gasteiger partial charge is 0.332 e. The van der Waals surface area contributed by atoms with E-state index in [1.807, 2.05) is 0 Å². The molecule has 0 aromatic carbocycles. The second-order valence-electron chi connectivity index (χ2n) is 2.72. The van der Waals surface area contributed by atoms with Gasteiger partial charge in [0.2, 0.25) is 0 Å². The zero-order valence-electron chi connectivity index (χ0n) is 8.21. The number of carboxylic acids is 1. The van der Waals surface area contributed by atoms with Crippen molar-refractivity contribution >= 4 is 5.97 Å². The lowest BCUT2D eigenvalue weighted by molar-refractivity contribution is -0.145. The molecule has 3 nitrogen and oxygen atoms in total. The number of rotatable bonds is 4. The average Bonchev–Trinajstić information content (AvgIpc) is 2.02. The molecule has 0 aliphatic carbocycles. The Labute approximate surface area is 74.4 Å². The summed E-state index contributed by atoms with van der Waals surface area (Å²) in [6.45, 7) is 5.66. The van der Waals surface area contributed by atoms with Gasteiger partial charge in [0.05, 0.1) is 0 Å². The number of hydrogen-bond donors (Lipinski definition) is 2. The van der Waals surface area contributed by atoms with E-state index in [0.717, 1.165) is 0 Å². The van der Waals surface area contributed by atoms with Gasteiger partial charge >= 0.3 is 5.97 Å². The maximum absolute atomic E-state index is 9.45. The third kappa shape index (κ3) is 16.2. The van der Waals surface area contributed by atoms with Crippen LogP contribution in [0.2, 0.25) is 0 Å². The van der Waals surface area contributed by atoms with E-state index in [4.69, 9.17) is 10.2 Å². The van der Waals surface area contributed by atoms with Gasteiger partial charge < -0.3 is 10.2 Å². The summed E-state index contributed by atoms with van der Waals surface area (Å²) in [5.41, 5.74) is 0. The highest BCUT2D eigenvalue weighted by atomic mass is 16.4. The quantitative estimate of drug-likeness (QED) is 0.644. The summed E-state index contributed by atoms with van der Waals surface area (Å²) < 4.78 is 0. The van der Waals surface area contributed by atoms with E-state index < -0.39 is 12.1 Å². The maximum atomic E-state index is 9.45. The molecule has 0 aromatic heterocycles. The predicted octanol–water partition coefficient (Wildman–Crippen LogP) is 2.04. The van der Waals surface area contributed by atoms with Crippen LogP contribution < -0.4 is 0 Å². The SMILES string of the molecule is CC(O)C(=O)O.CCCCCC. The van der Waals surface area contributed by atoms with Crippen LogP contribution in [0.4, 0.5) is 0 Å². The molecule has 0 radical (unpaired) electrons. The van der Waals surface area contributed by atoms with Crippen LogP contribution in [-0.4, -0.2) is 22.3 Å². The molecule has 74 valence electrons. The number of aliphatic hydroxyl groups is 1. The number of aliphatic carboxylic acids is 1. The molecule has 0 aliphatic heterocycles. The molecule has 3 heteroatoms. The Hall–Kier alpha value is -0.570. The third-order valence-electron chi connectivity index (χ3n) is 1.31. The first-order valence-corrected chi connectivity index (χ1v) is 4.47. The summed E-state index contributed by atoms with van der Waals surface area (Å²) in [6, 6.07) is 0. The topological polar surface area (TPSA) is 57.5 Å². The van der Waals surface area contributed by atoms with E-state index in [-0.39, 0.29) is 0 Å². The van der Waals surface area contributed by atoms with Crippen molar-refractivity contribution in [1.82, 2.24) is 0 Å². The molecule has 0 aliphatic rings. The van der Waals surface area contributed by atoms with E-state index in [0.29, 0.717) is 0 Å². The predicted molar refractivity (Wildman–Crippen MR) is 49.1 cm³/mol. The maximum Gasteiger partial charge on any atom is 0.332 e. The molecule has 0 bridgehead atoms. The summed E-state index contributed by atoms with van der Waals surface area (Å²) in [5, 5.41) is 15.8. The minimum Gasteiger partial charge on any atom is -0.479 e. The summed E-state index contributed by atoms with van der Waals surface area (Å²) in [6.07, 6.45) is 4.30. The van der Waals surface area contributed by atoms with E-state index in [9.17, 15) is 4.79 Å². The number of hydrogen-bond acceptors (Lipinski definition) is 2. The molecule has 0 amide bonds. The highest BCUT2D eigenvalue weighted by molar-refractivity contribution is 5.71. The summed E-state index contributed by atoms with van der Waals surface area (Å²) >= 11 is 0. The molecule has 0 fully saturated rings. The highest BCUT2D eigenvalue weighted by Crippen LogP contribution is 1.95. The average molecular weight is 176 g/mol. The number of carbonyl (C=O) groups is 1. The molecule has 1 atom stereocenters. The fourth-order valence-corrected chi connectivity index (χ4v) is 0.500. The van der Waals surface area contributed by atoms with Crippen LogP contribution in [0.1, 0.15) is 46.5 Å². The first-order chi connectivity index (χ1) is 5.56. The van der Waals surface area contributed by atoms with Gasteiger partial charge in [-0.2, -0.15) is 0 Å². The second kappa shape index (κ2) is 10.4. The molecule has 0 saturated heterocycles. The Morgan fingerprint density at radius 1 is 1.25 bits per heavy atom. The normalized spacial score (nSPS) is 11.3. The molecule has 0 saturated carbocycles. The van der Waals surface area contributed by atoms with E-state index in [1.165, 1.54) is 32.6 Å². The molecule has 0 heterocycles. The van der Waals surface area contributed by atoms with Gasteiger partial charge in [-0.3, -0.25) is 0 Å². The van der Waals surface area contributed by atoms with Crippen molar-refractivity contribution in [2.24, 2.45) is 0 Å². The zero-order valence-corrected chi connectivity index (χ0v) is 8.21. The molecule has 0 rings (SSSR count). The molecule has 1 unspecified atom stereocenters. The van der Waals surface area contributed by atoms with Crippen molar-refractivity contribution in [3.05, 3.63) is 0 Å². The van der Waals surface area contributed by atoms with Crippen molar-refractivity contribution in [2.75, 3.05) is 0 Å². The van der Waals surface area contributed by atoms with Crippen LogP contribution in [0.15, 0.2) is 0 Å². The number of carboxylic acid groups (broad SMARTS) is 1. The van der Waals surface area contributed by atoms with Gasteiger partial charge in [0.15, 0.2) is 0 Å². The van der Waals surface area contributed by atoms with Crippen molar-refractivity contribution in [3.63, 3.8) is 0 Å². The van der Waals surface area contributed by atoms with E-state index >= 15 is 0 Å². The van der Waals surface area contributed by atoms with Gasteiger partial charge in [-0.25, -0.2) is 4.79 Å². The van der Waals surface area contributed by atoms with Gasteiger partial charge in [-0.15, -0.1) is 0 Å². The summed E-state index contributed by atoms with van der Waals surface area (Å²) in [4.78, 5) is 9.45. The van der Waals surface area contributed by atoms with Gasteiger partial charge in [0.1, 0.15) is 6.10 Å². The van der Waals surface area contributed by atoms with Gasteiger partial charge in [0.25, 0.3) is 0 Å². The molecular formula is C9H20O3. The fraction of sp³-hybridized carbons (Fsp3) is 0.889. The lowest BCUT2D eigenvalue weighted by atomic mass is 10.2. The van der Waals surface area contributed by atoms with Crippen LogP contribution in [0.25, 0.3) is 0 Å².